The monoisotopic (exact) mass is 282 g/mol. The highest BCUT2D eigenvalue weighted by molar-refractivity contribution is 5.28. The average molecular weight is 282 g/mol. The van der Waals surface area contributed by atoms with Crippen molar-refractivity contribution in [3.63, 3.8) is 0 Å². The third kappa shape index (κ3) is 3.36. The van der Waals surface area contributed by atoms with Gasteiger partial charge in [-0.25, -0.2) is 8.78 Å². The van der Waals surface area contributed by atoms with Gasteiger partial charge in [-0.15, -0.1) is 0 Å². The zero-order valence-corrected chi connectivity index (χ0v) is 12.3. The van der Waals surface area contributed by atoms with E-state index in [-0.39, 0.29) is 11.6 Å². The van der Waals surface area contributed by atoms with Gasteiger partial charge in [-0.1, -0.05) is 25.1 Å². The van der Waals surface area contributed by atoms with Crippen LogP contribution in [0.25, 0.3) is 0 Å². The molecule has 0 aliphatic carbocycles. The van der Waals surface area contributed by atoms with E-state index >= 15 is 0 Å². The molecule has 0 spiro atoms. The Morgan fingerprint density at radius 2 is 2.20 bits per heavy atom. The van der Waals surface area contributed by atoms with Crippen molar-refractivity contribution in [3.8, 4) is 0 Å². The second-order valence-electron chi connectivity index (χ2n) is 5.56. The second kappa shape index (κ2) is 7.14. The van der Waals surface area contributed by atoms with Crippen molar-refractivity contribution in [1.82, 2.24) is 10.2 Å². The van der Waals surface area contributed by atoms with Crippen LogP contribution in [0.3, 0.4) is 0 Å². The van der Waals surface area contributed by atoms with Crippen LogP contribution in [0.2, 0.25) is 0 Å². The normalized spacial score (nSPS) is 23.6. The topological polar surface area (TPSA) is 15.3 Å². The van der Waals surface area contributed by atoms with Gasteiger partial charge in [0.2, 0.25) is 0 Å². The van der Waals surface area contributed by atoms with Crippen LogP contribution < -0.4 is 5.32 Å². The van der Waals surface area contributed by atoms with Gasteiger partial charge in [-0.2, -0.15) is 0 Å². The highest BCUT2D eigenvalue weighted by Crippen LogP contribution is 2.38. The van der Waals surface area contributed by atoms with Crippen LogP contribution >= 0.6 is 0 Å². The highest BCUT2D eigenvalue weighted by Gasteiger charge is 2.34. The molecule has 1 N–H and O–H groups in total. The van der Waals surface area contributed by atoms with Crippen LogP contribution in [0.15, 0.2) is 24.3 Å². The zero-order valence-electron chi connectivity index (χ0n) is 12.3. The first-order valence-electron chi connectivity index (χ1n) is 7.44. The van der Waals surface area contributed by atoms with Crippen molar-refractivity contribution < 1.29 is 8.78 Å². The summed E-state index contributed by atoms with van der Waals surface area (Å²) >= 11 is 0. The molecule has 1 aliphatic rings. The summed E-state index contributed by atoms with van der Waals surface area (Å²) in [6.45, 7) is 5.19. The minimum atomic E-state index is -2.39. The molecule has 1 fully saturated rings. The van der Waals surface area contributed by atoms with Crippen LogP contribution in [0.4, 0.5) is 8.78 Å². The van der Waals surface area contributed by atoms with Crippen molar-refractivity contribution in [2.45, 2.75) is 32.2 Å². The number of halogens is 2. The predicted molar refractivity (Wildman–Crippen MR) is 78.0 cm³/mol. The first-order chi connectivity index (χ1) is 9.67. The summed E-state index contributed by atoms with van der Waals surface area (Å²) in [7, 11) is 1.95. The largest absolute Gasteiger partial charge is 0.319 e. The van der Waals surface area contributed by atoms with Crippen molar-refractivity contribution >= 4 is 0 Å². The number of nitrogens with zero attached hydrogens (tertiary/aromatic N) is 1. The quantitative estimate of drug-likeness (QED) is 0.857. The van der Waals surface area contributed by atoms with Crippen LogP contribution in [0, 0.1) is 5.92 Å². The summed E-state index contributed by atoms with van der Waals surface area (Å²) in [4.78, 5) is 2.44. The summed E-state index contributed by atoms with van der Waals surface area (Å²) < 4.78 is 25.8. The molecule has 0 amide bonds. The molecule has 2 nitrogen and oxygen atoms in total. The van der Waals surface area contributed by atoms with E-state index in [1.807, 2.05) is 13.1 Å². The van der Waals surface area contributed by atoms with E-state index in [4.69, 9.17) is 0 Å². The maximum Gasteiger partial charge on any atom is 0.263 e. The molecule has 1 aliphatic heterocycles. The number of likely N-dealkylation sites (tertiary alicyclic amines) is 1. The van der Waals surface area contributed by atoms with Gasteiger partial charge in [0, 0.05) is 11.6 Å². The Morgan fingerprint density at radius 3 is 2.85 bits per heavy atom. The number of rotatable bonds is 6. The average Bonchev–Trinajstić information content (AvgIpc) is 2.83. The summed E-state index contributed by atoms with van der Waals surface area (Å²) in [5.41, 5.74) is 1.17. The minimum absolute atomic E-state index is 0.133. The maximum absolute atomic E-state index is 12.9. The zero-order chi connectivity index (χ0) is 14.5. The molecule has 2 rings (SSSR count). The lowest BCUT2D eigenvalue weighted by Gasteiger charge is -2.28. The van der Waals surface area contributed by atoms with E-state index in [2.05, 4.69) is 17.1 Å². The highest BCUT2D eigenvalue weighted by atomic mass is 19.3. The van der Waals surface area contributed by atoms with Crippen LogP contribution in [0.1, 0.15) is 43.4 Å². The summed E-state index contributed by atoms with van der Waals surface area (Å²) in [6.07, 6.45) is -0.166. The number of nitrogens with one attached hydrogen (secondary N) is 1. The molecule has 20 heavy (non-hydrogen) atoms. The van der Waals surface area contributed by atoms with Crippen LogP contribution in [0.5, 0.6) is 0 Å². The molecule has 1 saturated heterocycles. The van der Waals surface area contributed by atoms with Gasteiger partial charge in [0.15, 0.2) is 0 Å². The van der Waals surface area contributed by atoms with E-state index < -0.39 is 6.43 Å². The lowest BCUT2D eigenvalue weighted by atomic mass is 9.92. The fourth-order valence-electron chi connectivity index (χ4n) is 3.30. The second-order valence-corrected chi connectivity index (χ2v) is 5.56. The van der Waals surface area contributed by atoms with Crippen molar-refractivity contribution in [2.75, 3.05) is 26.7 Å². The molecular formula is C16H24F2N2. The van der Waals surface area contributed by atoms with Gasteiger partial charge in [0.1, 0.15) is 0 Å². The molecule has 0 radical (unpaired) electrons. The van der Waals surface area contributed by atoms with E-state index in [1.165, 1.54) is 6.07 Å². The molecule has 2 unspecified atom stereocenters. The third-order valence-corrected chi connectivity index (χ3v) is 4.11. The summed E-state index contributed by atoms with van der Waals surface area (Å²) in [5, 5.41) is 3.23. The Morgan fingerprint density at radius 1 is 1.40 bits per heavy atom. The SMILES string of the molecule is CCCN1CCC(CNC)C1c1cccc(C(F)F)c1. The Balaban J connectivity index is 2.26. The van der Waals surface area contributed by atoms with Gasteiger partial charge in [0.25, 0.3) is 6.43 Å². The van der Waals surface area contributed by atoms with Gasteiger partial charge in [-0.05, 0) is 57.1 Å². The third-order valence-electron chi connectivity index (χ3n) is 4.11. The van der Waals surface area contributed by atoms with E-state index in [1.54, 1.807) is 12.1 Å². The molecule has 0 saturated carbocycles. The molecule has 1 heterocycles. The molecule has 1 aromatic rings. The molecule has 4 heteroatoms. The van der Waals surface area contributed by atoms with Gasteiger partial charge < -0.3 is 5.32 Å². The van der Waals surface area contributed by atoms with Crippen molar-refractivity contribution in [3.05, 3.63) is 35.4 Å². The fourth-order valence-corrected chi connectivity index (χ4v) is 3.30. The Labute approximate surface area is 120 Å². The van der Waals surface area contributed by atoms with Crippen LogP contribution in [-0.4, -0.2) is 31.6 Å². The Hall–Kier alpha value is -1.00. The van der Waals surface area contributed by atoms with E-state index in [0.717, 1.165) is 38.0 Å². The number of alkyl halides is 2. The van der Waals surface area contributed by atoms with E-state index in [9.17, 15) is 8.78 Å². The molecule has 1 aromatic carbocycles. The standard InChI is InChI=1S/C16H24F2N2/c1-3-8-20-9-7-14(11-19-2)15(20)12-5-4-6-13(10-12)16(17)18/h4-6,10,14-16,19H,3,7-9,11H2,1-2H3. The predicted octanol–water partition coefficient (Wildman–Crippen LogP) is 3.62. The molecule has 0 bridgehead atoms. The van der Waals surface area contributed by atoms with Gasteiger partial charge in [0.05, 0.1) is 0 Å². The van der Waals surface area contributed by atoms with E-state index in [0.29, 0.717) is 5.92 Å². The lowest BCUT2D eigenvalue weighted by Crippen LogP contribution is -2.29. The first-order valence-corrected chi connectivity index (χ1v) is 7.44. The molecule has 0 aromatic heterocycles. The summed E-state index contributed by atoms with van der Waals surface area (Å²) in [6, 6.07) is 7.22. The van der Waals surface area contributed by atoms with Crippen molar-refractivity contribution in [2.24, 2.45) is 5.92 Å². The number of hydrogen-bond donors (Lipinski definition) is 1. The van der Waals surface area contributed by atoms with Gasteiger partial charge in [-0.3, -0.25) is 4.90 Å². The minimum Gasteiger partial charge on any atom is -0.319 e. The Bertz CT molecular complexity index is 409. The first kappa shape index (κ1) is 15.4. The Kier molecular flexibility index (Phi) is 5.49. The maximum atomic E-state index is 12.9. The van der Waals surface area contributed by atoms with Gasteiger partial charge >= 0.3 is 0 Å². The number of benzene rings is 1. The van der Waals surface area contributed by atoms with Crippen molar-refractivity contribution in [1.29, 1.82) is 0 Å². The smallest absolute Gasteiger partial charge is 0.263 e. The molecule has 112 valence electrons. The lowest BCUT2D eigenvalue weighted by molar-refractivity contribution is 0.151. The fraction of sp³-hybridized carbons (Fsp3) is 0.625. The van der Waals surface area contributed by atoms with Crippen LogP contribution in [-0.2, 0) is 0 Å². The molecular weight excluding hydrogens is 258 g/mol. The number of hydrogen-bond acceptors (Lipinski definition) is 2. The molecule has 2 atom stereocenters. The summed E-state index contributed by atoms with van der Waals surface area (Å²) in [5.74, 6) is 0.500.